The lowest BCUT2D eigenvalue weighted by atomic mass is 10.1. The van der Waals surface area contributed by atoms with Crippen molar-refractivity contribution < 1.29 is 0 Å². The van der Waals surface area contributed by atoms with E-state index in [1.54, 1.807) is 0 Å². The fourth-order valence-corrected chi connectivity index (χ4v) is 1.57. The van der Waals surface area contributed by atoms with Crippen LogP contribution in [0, 0.1) is 0 Å². The van der Waals surface area contributed by atoms with Crippen LogP contribution < -0.4 is 0 Å². The van der Waals surface area contributed by atoms with Crippen molar-refractivity contribution in [2.75, 3.05) is 20.1 Å². The molecule has 0 unspecified atom stereocenters. The van der Waals surface area contributed by atoms with Crippen LogP contribution in [0.2, 0.25) is 0 Å². The lowest BCUT2D eigenvalue weighted by molar-refractivity contribution is 0.439. The van der Waals surface area contributed by atoms with Crippen LogP contribution in [0.1, 0.15) is 5.56 Å². The molecule has 1 aliphatic heterocycles. The van der Waals surface area contributed by atoms with E-state index in [-0.39, 0.29) is 0 Å². The van der Waals surface area contributed by atoms with Crippen LogP contribution in [0.25, 0.3) is 0 Å². The van der Waals surface area contributed by atoms with E-state index in [0.717, 1.165) is 30.1 Å². The molecule has 0 fully saturated rings. The Balaban J connectivity index is 2.35. The molecule has 0 spiro atoms. The second kappa shape index (κ2) is 3.66. The highest BCUT2D eigenvalue weighted by Gasteiger charge is 2.15. The van der Waals surface area contributed by atoms with E-state index >= 15 is 0 Å². The van der Waals surface area contributed by atoms with Crippen molar-refractivity contribution in [1.82, 2.24) is 4.90 Å². The Bertz CT molecular complexity index is 365. The maximum Gasteiger partial charge on any atom is 0.0874 e. The van der Waals surface area contributed by atoms with Crippen LogP contribution in [0.5, 0.6) is 0 Å². The molecule has 0 saturated carbocycles. The molecule has 1 aliphatic rings. The van der Waals surface area contributed by atoms with Crippen LogP contribution in [0.3, 0.4) is 0 Å². The van der Waals surface area contributed by atoms with Gasteiger partial charge in [0.1, 0.15) is 0 Å². The minimum atomic E-state index is 0.861. The van der Waals surface area contributed by atoms with E-state index < -0.39 is 0 Å². The quantitative estimate of drug-likeness (QED) is 0.654. The number of hydrogen-bond acceptors (Lipinski definition) is 2. The number of hydrogen-bond donors (Lipinski definition) is 0. The van der Waals surface area contributed by atoms with Crippen molar-refractivity contribution in [2.45, 2.75) is 0 Å². The second-order valence-corrected chi connectivity index (χ2v) is 3.46. The number of nitrogens with zero attached hydrogens (tertiary/aromatic N) is 2. The molecule has 1 aromatic rings. The SMILES string of the molecule is C=C1C(c2ccccc2)=NCCN1C. The number of likely N-dealkylation sites (N-methyl/N-ethyl adjacent to an activating group) is 1. The van der Waals surface area contributed by atoms with Gasteiger partial charge in [-0.2, -0.15) is 0 Å². The number of aliphatic imine (C=N–C) groups is 1. The van der Waals surface area contributed by atoms with E-state index in [1.807, 2.05) is 18.2 Å². The predicted molar refractivity (Wildman–Crippen MR) is 59.6 cm³/mol. The second-order valence-electron chi connectivity index (χ2n) is 3.46. The Morgan fingerprint density at radius 2 is 2.00 bits per heavy atom. The summed E-state index contributed by atoms with van der Waals surface area (Å²) in [7, 11) is 2.06. The van der Waals surface area contributed by atoms with E-state index in [2.05, 4.69) is 35.7 Å². The summed E-state index contributed by atoms with van der Waals surface area (Å²) in [5, 5.41) is 0. The Labute approximate surface area is 84.6 Å². The summed E-state index contributed by atoms with van der Waals surface area (Å²) in [5.41, 5.74) is 3.20. The topological polar surface area (TPSA) is 15.6 Å². The standard InChI is InChI=1S/C12H14N2/c1-10-12(13-8-9-14(10)2)11-6-4-3-5-7-11/h3-7H,1,8-9H2,2H3. The van der Waals surface area contributed by atoms with Gasteiger partial charge in [0.05, 0.1) is 18.0 Å². The number of rotatable bonds is 1. The molecule has 2 nitrogen and oxygen atoms in total. The third kappa shape index (κ3) is 1.55. The van der Waals surface area contributed by atoms with E-state index in [9.17, 15) is 0 Å². The van der Waals surface area contributed by atoms with Crippen LogP contribution in [0.15, 0.2) is 47.6 Å². The smallest absolute Gasteiger partial charge is 0.0874 e. The minimum Gasteiger partial charge on any atom is -0.371 e. The molecule has 0 radical (unpaired) electrons. The van der Waals surface area contributed by atoms with Crippen molar-refractivity contribution in [3.05, 3.63) is 48.2 Å². The molecule has 2 rings (SSSR count). The molecule has 0 saturated heterocycles. The lowest BCUT2D eigenvalue weighted by Crippen LogP contribution is -2.30. The van der Waals surface area contributed by atoms with Crippen molar-refractivity contribution in [3.8, 4) is 0 Å². The molecular formula is C12H14N2. The molecule has 0 aliphatic carbocycles. The van der Waals surface area contributed by atoms with Gasteiger partial charge in [-0.25, -0.2) is 0 Å². The van der Waals surface area contributed by atoms with Gasteiger partial charge in [-0.05, 0) is 0 Å². The Hall–Kier alpha value is -1.57. The molecule has 2 heteroatoms. The average Bonchev–Trinajstić information content (AvgIpc) is 2.23. The fourth-order valence-electron chi connectivity index (χ4n) is 1.57. The molecule has 1 heterocycles. The monoisotopic (exact) mass is 186 g/mol. The van der Waals surface area contributed by atoms with E-state index in [1.165, 1.54) is 0 Å². The van der Waals surface area contributed by atoms with E-state index in [0.29, 0.717) is 0 Å². The fraction of sp³-hybridized carbons (Fsp3) is 0.250. The highest BCUT2D eigenvalue weighted by atomic mass is 15.1. The predicted octanol–water partition coefficient (Wildman–Crippen LogP) is 1.93. The van der Waals surface area contributed by atoms with Gasteiger partial charge in [0.15, 0.2) is 0 Å². The van der Waals surface area contributed by atoms with Gasteiger partial charge in [-0.15, -0.1) is 0 Å². The highest BCUT2D eigenvalue weighted by Crippen LogP contribution is 2.14. The van der Waals surface area contributed by atoms with Crippen molar-refractivity contribution >= 4 is 5.71 Å². The van der Waals surface area contributed by atoms with Crippen molar-refractivity contribution in [2.24, 2.45) is 4.99 Å². The first-order valence-electron chi connectivity index (χ1n) is 4.79. The van der Waals surface area contributed by atoms with Gasteiger partial charge in [0, 0.05) is 19.2 Å². The zero-order valence-corrected chi connectivity index (χ0v) is 8.40. The zero-order chi connectivity index (χ0) is 9.97. The Morgan fingerprint density at radius 1 is 1.29 bits per heavy atom. The molecule has 72 valence electrons. The maximum absolute atomic E-state index is 4.51. The van der Waals surface area contributed by atoms with Crippen molar-refractivity contribution in [3.63, 3.8) is 0 Å². The van der Waals surface area contributed by atoms with Gasteiger partial charge in [0.2, 0.25) is 0 Å². The average molecular weight is 186 g/mol. The lowest BCUT2D eigenvalue weighted by Gasteiger charge is -2.26. The first kappa shape index (κ1) is 9.00. The zero-order valence-electron chi connectivity index (χ0n) is 8.40. The van der Waals surface area contributed by atoms with Gasteiger partial charge in [-0.1, -0.05) is 36.9 Å². The van der Waals surface area contributed by atoms with Gasteiger partial charge < -0.3 is 4.90 Å². The minimum absolute atomic E-state index is 0.861. The molecule has 0 atom stereocenters. The molecule has 0 N–H and O–H groups in total. The molecule has 0 amide bonds. The number of allylic oxidation sites excluding steroid dienone is 1. The van der Waals surface area contributed by atoms with Gasteiger partial charge in [0.25, 0.3) is 0 Å². The summed E-state index contributed by atoms with van der Waals surface area (Å²) < 4.78 is 0. The molecule has 0 bridgehead atoms. The summed E-state index contributed by atoms with van der Waals surface area (Å²) in [6, 6.07) is 10.2. The van der Waals surface area contributed by atoms with Crippen LogP contribution in [0.4, 0.5) is 0 Å². The normalized spacial score (nSPS) is 16.8. The molecule has 14 heavy (non-hydrogen) atoms. The first-order valence-corrected chi connectivity index (χ1v) is 4.79. The van der Waals surface area contributed by atoms with Crippen molar-refractivity contribution in [1.29, 1.82) is 0 Å². The molecular weight excluding hydrogens is 172 g/mol. The highest BCUT2D eigenvalue weighted by molar-refractivity contribution is 6.12. The van der Waals surface area contributed by atoms with E-state index in [4.69, 9.17) is 0 Å². The van der Waals surface area contributed by atoms with Crippen LogP contribution in [-0.4, -0.2) is 30.7 Å². The largest absolute Gasteiger partial charge is 0.371 e. The first-order chi connectivity index (χ1) is 6.79. The summed E-state index contributed by atoms with van der Waals surface area (Å²) >= 11 is 0. The Kier molecular flexibility index (Phi) is 2.35. The van der Waals surface area contributed by atoms with Crippen LogP contribution >= 0.6 is 0 Å². The van der Waals surface area contributed by atoms with Gasteiger partial charge >= 0.3 is 0 Å². The summed E-state index contributed by atoms with van der Waals surface area (Å²) in [4.78, 5) is 6.65. The third-order valence-corrected chi connectivity index (χ3v) is 2.49. The van der Waals surface area contributed by atoms with Crippen LogP contribution in [-0.2, 0) is 0 Å². The number of benzene rings is 1. The summed E-state index contributed by atoms with van der Waals surface area (Å²) in [6.07, 6.45) is 0. The summed E-state index contributed by atoms with van der Waals surface area (Å²) in [5.74, 6) is 0. The third-order valence-electron chi connectivity index (χ3n) is 2.49. The molecule has 1 aromatic carbocycles. The maximum atomic E-state index is 4.51. The summed E-state index contributed by atoms with van der Waals surface area (Å²) in [6.45, 7) is 5.88. The Morgan fingerprint density at radius 3 is 2.71 bits per heavy atom. The molecule has 0 aromatic heterocycles. The van der Waals surface area contributed by atoms with Gasteiger partial charge in [-0.3, -0.25) is 4.99 Å².